The van der Waals surface area contributed by atoms with Crippen molar-refractivity contribution in [2.45, 2.75) is 26.8 Å². The number of esters is 1. The fourth-order valence-corrected chi connectivity index (χ4v) is 3.00. The molecule has 0 bridgehead atoms. The highest BCUT2D eigenvalue weighted by molar-refractivity contribution is 5.94. The molecule has 2 heterocycles. The second-order valence-corrected chi connectivity index (χ2v) is 6.66. The van der Waals surface area contributed by atoms with Crippen molar-refractivity contribution in [3.63, 3.8) is 0 Å². The lowest BCUT2D eigenvalue weighted by Gasteiger charge is -2.15. The zero-order chi connectivity index (χ0) is 19.4. The van der Waals surface area contributed by atoms with Gasteiger partial charge in [0.25, 0.3) is 5.91 Å². The number of aryl methyl sites for hydroxylation is 1. The highest BCUT2D eigenvalue weighted by Crippen LogP contribution is 2.22. The molecule has 0 unspecified atom stereocenters. The van der Waals surface area contributed by atoms with E-state index < -0.39 is 17.8 Å². The van der Waals surface area contributed by atoms with E-state index in [4.69, 9.17) is 9.15 Å². The fraction of sp³-hybridized carbons (Fsp3) is 0.350. The molecule has 1 N–H and O–H groups in total. The van der Waals surface area contributed by atoms with E-state index in [9.17, 15) is 14.4 Å². The van der Waals surface area contributed by atoms with Crippen LogP contribution in [0.5, 0.6) is 0 Å². The molecule has 7 heteroatoms. The van der Waals surface area contributed by atoms with Crippen LogP contribution in [-0.4, -0.2) is 35.8 Å². The Morgan fingerprint density at radius 1 is 1.26 bits per heavy atom. The molecule has 0 aliphatic carbocycles. The van der Waals surface area contributed by atoms with Gasteiger partial charge < -0.3 is 19.4 Å². The molecule has 0 spiro atoms. The molecule has 3 rings (SSSR count). The van der Waals surface area contributed by atoms with Crippen molar-refractivity contribution in [3.05, 3.63) is 53.5 Å². The van der Waals surface area contributed by atoms with Gasteiger partial charge in [0, 0.05) is 18.7 Å². The minimum absolute atomic E-state index is 0.0815. The Morgan fingerprint density at radius 3 is 2.81 bits per heavy atom. The maximum absolute atomic E-state index is 12.2. The number of furan rings is 1. The molecule has 7 nitrogen and oxygen atoms in total. The van der Waals surface area contributed by atoms with Gasteiger partial charge in [-0.05, 0) is 43.2 Å². The van der Waals surface area contributed by atoms with Crippen molar-refractivity contribution in [1.82, 2.24) is 4.90 Å². The normalized spacial score (nSPS) is 16.4. The molecule has 27 heavy (non-hydrogen) atoms. The highest BCUT2D eigenvalue weighted by atomic mass is 16.5. The average Bonchev–Trinajstić information content (AvgIpc) is 3.27. The Morgan fingerprint density at radius 2 is 2.07 bits per heavy atom. The van der Waals surface area contributed by atoms with Crippen LogP contribution in [0.25, 0.3) is 0 Å². The van der Waals surface area contributed by atoms with Gasteiger partial charge in [-0.1, -0.05) is 12.1 Å². The molecule has 1 aromatic heterocycles. The molecular formula is C20H22N2O5. The first-order chi connectivity index (χ1) is 12.9. The van der Waals surface area contributed by atoms with Crippen LogP contribution >= 0.6 is 0 Å². The summed E-state index contributed by atoms with van der Waals surface area (Å²) in [5, 5.41) is 2.74. The first-order valence-corrected chi connectivity index (χ1v) is 8.77. The predicted octanol–water partition coefficient (Wildman–Crippen LogP) is 2.43. The number of nitrogens with zero attached hydrogens (tertiary/aromatic N) is 1. The molecule has 2 aromatic rings. The van der Waals surface area contributed by atoms with E-state index in [1.807, 2.05) is 26.0 Å². The maximum Gasteiger partial charge on any atom is 0.311 e. The molecule has 1 aliphatic heterocycles. The lowest BCUT2D eigenvalue weighted by Crippen LogP contribution is -2.28. The number of hydrogen-bond donors (Lipinski definition) is 1. The van der Waals surface area contributed by atoms with E-state index in [2.05, 4.69) is 5.32 Å². The van der Waals surface area contributed by atoms with E-state index in [1.54, 1.807) is 23.1 Å². The van der Waals surface area contributed by atoms with Crippen LogP contribution in [0, 0.1) is 19.8 Å². The Hall–Kier alpha value is -3.09. The molecule has 1 fully saturated rings. The molecule has 0 radical (unpaired) electrons. The molecule has 0 saturated carbocycles. The molecule has 1 saturated heterocycles. The molecule has 1 aromatic carbocycles. The maximum atomic E-state index is 12.2. The van der Waals surface area contributed by atoms with Gasteiger partial charge >= 0.3 is 5.97 Å². The molecular weight excluding hydrogens is 348 g/mol. The number of likely N-dealkylation sites (tertiary alicyclic amines) is 1. The molecule has 1 aliphatic rings. The van der Waals surface area contributed by atoms with Crippen LogP contribution in [-0.2, 0) is 25.7 Å². The summed E-state index contributed by atoms with van der Waals surface area (Å²) < 4.78 is 10.3. The van der Waals surface area contributed by atoms with Gasteiger partial charge in [-0.25, -0.2) is 0 Å². The summed E-state index contributed by atoms with van der Waals surface area (Å²) in [5.41, 5.74) is 2.72. The second-order valence-electron chi connectivity index (χ2n) is 6.66. The summed E-state index contributed by atoms with van der Waals surface area (Å²) in [5.74, 6) is -0.991. The van der Waals surface area contributed by atoms with Gasteiger partial charge in [0.1, 0.15) is 5.76 Å². The van der Waals surface area contributed by atoms with E-state index in [-0.39, 0.29) is 25.5 Å². The van der Waals surface area contributed by atoms with Gasteiger partial charge in [-0.3, -0.25) is 14.4 Å². The zero-order valence-corrected chi connectivity index (χ0v) is 15.4. The monoisotopic (exact) mass is 370 g/mol. The summed E-state index contributed by atoms with van der Waals surface area (Å²) in [7, 11) is 0. The van der Waals surface area contributed by atoms with Crippen LogP contribution in [0.4, 0.5) is 5.69 Å². The number of amides is 2. The summed E-state index contributed by atoms with van der Waals surface area (Å²) in [6.07, 6.45) is 1.62. The highest BCUT2D eigenvalue weighted by Gasteiger charge is 2.35. The van der Waals surface area contributed by atoms with E-state index >= 15 is 0 Å². The third kappa shape index (κ3) is 4.55. The summed E-state index contributed by atoms with van der Waals surface area (Å²) in [4.78, 5) is 37.9. The van der Waals surface area contributed by atoms with Crippen molar-refractivity contribution in [1.29, 1.82) is 0 Å². The molecule has 142 valence electrons. The topological polar surface area (TPSA) is 88.8 Å². The zero-order valence-electron chi connectivity index (χ0n) is 15.4. The number of nitrogens with one attached hydrogen (secondary N) is 1. The number of carbonyl (C=O) groups excluding carboxylic acids is 3. The Balaban J connectivity index is 1.48. The number of carbonyl (C=O) groups is 3. The standard InChI is InChI=1S/C20H22N2O5/c1-13-5-3-7-17(14(13)2)21-18(23)12-27-20(25)15-9-19(24)22(10-15)11-16-6-4-8-26-16/h3-8,15H,9-12H2,1-2H3,(H,21,23)/t15-/m1/s1. The average molecular weight is 370 g/mol. The van der Waals surface area contributed by atoms with Gasteiger partial charge in [0.05, 0.1) is 18.7 Å². The van der Waals surface area contributed by atoms with Crippen molar-refractivity contribution >= 4 is 23.5 Å². The lowest BCUT2D eigenvalue weighted by molar-refractivity contribution is -0.151. The van der Waals surface area contributed by atoms with E-state index in [1.165, 1.54) is 6.26 Å². The van der Waals surface area contributed by atoms with Crippen LogP contribution < -0.4 is 5.32 Å². The lowest BCUT2D eigenvalue weighted by atomic mass is 10.1. The van der Waals surface area contributed by atoms with Crippen LogP contribution in [0.2, 0.25) is 0 Å². The number of ether oxygens (including phenoxy) is 1. The number of hydrogen-bond acceptors (Lipinski definition) is 5. The van der Waals surface area contributed by atoms with Crippen molar-refractivity contribution in [3.8, 4) is 0 Å². The number of benzene rings is 1. The van der Waals surface area contributed by atoms with Gasteiger partial charge in [-0.2, -0.15) is 0 Å². The minimum atomic E-state index is -0.569. The Bertz CT molecular complexity index is 844. The van der Waals surface area contributed by atoms with Crippen molar-refractivity contribution in [2.24, 2.45) is 5.92 Å². The molecule has 1 atom stereocenters. The van der Waals surface area contributed by atoms with Gasteiger partial charge in [0.2, 0.25) is 5.91 Å². The Kier molecular flexibility index (Phi) is 5.59. The fourth-order valence-electron chi connectivity index (χ4n) is 3.00. The summed E-state index contributed by atoms with van der Waals surface area (Å²) in [6.45, 7) is 4.07. The SMILES string of the molecule is Cc1cccc(NC(=O)COC(=O)[C@@H]2CC(=O)N(Cc3ccco3)C2)c1C. The third-order valence-electron chi connectivity index (χ3n) is 4.70. The van der Waals surface area contributed by atoms with Crippen LogP contribution in [0.3, 0.4) is 0 Å². The molecule has 2 amide bonds. The van der Waals surface area contributed by atoms with Crippen molar-refractivity contribution in [2.75, 3.05) is 18.5 Å². The largest absolute Gasteiger partial charge is 0.467 e. The van der Waals surface area contributed by atoms with Crippen LogP contribution in [0.1, 0.15) is 23.3 Å². The van der Waals surface area contributed by atoms with Gasteiger partial charge in [0.15, 0.2) is 6.61 Å². The predicted molar refractivity (Wildman–Crippen MR) is 97.7 cm³/mol. The van der Waals surface area contributed by atoms with Crippen LogP contribution in [0.15, 0.2) is 41.0 Å². The van der Waals surface area contributed by atoms with Crippen molar-refractivity contribution < 1.29 is 23.5 Å². The number of rotatable bonds is 6. The summed E-state index contributed by atoms with van der Waals surface area (Å²) >= 11 is 0. The quantitative estimate of drug-likeness (QED) is 0.789. The second kappa shape index (κ2) is 8.07. The minimum Gasteiger partial charge on any atom is -0.467 e. The van der Waals surface area contributed by atoms with E-state index in [0.29, 0.717) is 18.0 Å². The number of anilines is 1. The van der Waals surface area contributed by atoms with Gasteiger partial charge in [-0.15, -0.1) is 0 Å². The van der Waals surface area contributed by atoms with E-state index in [0.717, 1.165) is 11.1 Å². The first kappa shape index (κ1) is 18.7. The Labute approximate surface area is 157 Å². The smallest absolute Gasteiger partial charge is 0.311 e. The summed E-state index contributed by atoms with van der Waals surface area (Å²) in [6, 6.07) is 9.12. The first-order valence-electron chi connectivity index (χ1n) is 8.77. The third-order valence-corrected chi connectivity index (χ3v) is 4.70.